The molecule has 0 saturated heterocycles. The molecule has 0 aliphatic carbocycles. The molecule has 1 rings (SSSR count). The maximum atomic E-state index is 6.24. The summed E-state index contributed by atoms with van der Waals surface area (Å²) in [6, 6.07) is 6.09. The smallest absolute Gasteiger partial charge is 0.0471 e. The molecule has 16 heavy (non-hydrogen) atoms. The Hall–Kier alpha value is -0.730. The molecule has 90 valence electrons. The Kier molecular flexibility index (Phi) is 5.64. The van der Waals surface area contributed by atoms with Crippen molar-refractivity contribution in [3.8, 4) is 0 Å². The number of hydrogen-bond acceptors (Lipinski definition) is 2. The Morgan fingerprint density at radius 3 is 2.69 bits per heavy atom. The van der Waals surface area contributed by atoms with Crippen molar-refractivity contribution >= 4 is 17.3 Å². The van der Waals surface area contributed by atoms with E-state index in [9.17, 15) is 0 Å². The van der Waals surface area contributed by atoms with E-state index in [0.29, 0.717) is 0 Å². The minimum Gasteiger partial charge on any atom is -0.375 e. The van der Waals surface area contributed by atoms with Crippen LogP contribution in [0.15, 0.2) is 18.2 Å². The second-order valence-corrected chi connectivity index (χ2v) is 4.34. The maximum absolute atomic E-state index is 6.24. The minimum absolute atomic E-state index is 0.840. The molecule has 0 aliphatic rings. The average molecular weight is 241 g/mol. The fourth-order valence-electron chi connectivity index (χ4n) is 1.64. The van der Waals surface area contributed by atoms with Gasteiger partial charge in [-0.25, -0.2) is 0 Å². The third-order valence-corrected chi connectivity index (χ3v) is 3.06. The van der Waals surface area contributed by atoms with Gasteiger partial charge in [-0.2, -0.15) is 0 Å². The van der Waals surface area contributed by atoms with Crippen molar-refractivity contribution in [2.45, 2.75) is 26.8 Å². The van der Waals surface area contributed by atoms with E-state index in [1.165, 1.54) is 11.3 Å². The molecule has 0 radical (unpaired) electrons. The molecule has 1 aromatic carbocycles. The molecular weight excluding hydrogens is 220 g/mol. The van der Waals surface area contributed by atoms with Crippen LogP contribution in [0.3, 0.4) is 0 Å². The third-order valence-electron chi connectivity index (χ3n) is 2.71. The van der Waals surface area contributed by atoms with Crippen LogP contribution in [0.2, 0.25) is 5.02 Å². The summed E-state index contributed by atoms with van der Waals surface area (Å²) in [7, 11) is 2.09. The highest BCUT2D eigenvalue weighted by Crippen LogP contribution is 2.26. The first-order chi connectivity index (χ1) is 7.70. The number of halogens is 1. The van der Waals surface area contributed by atoms with Crippen LogP contribution in [0.5, 0.6) is 0 Å². The summed E-state index contributed by atoms with van der Waals surface area (Å²) in [5.41, 5.74) is 2.42. The summed E-state index contributed by atoms with van der Waals surface area (Å²) in [5, 5.41) is 4.25. The van der Waals surface area contributed by atoms with Crippen LogP contribution in [-0.2, 0) is 6.54 Å². The first kappa shape index (κ1) is 13.3. The van der Waals surface area contributed by atoms with Gasteiger partial charge in [0.15, 0.2) is 0 Å². The summed E-state index contributed by atoms with van der Waals surface area (Å²) in [5.74, 6) is 0. The highest BCUT2D eigenvalue weighted by atomic mass is 35.5. The zero-order chi connectivity index (χ0) is 12.0. The molecule has 3 heteroatoms. The van der Waals surface area contributed by atoms with E-state index in [-0.39, 0.29) is 0 Å². The largest absolute Gasteiger partial charge is 0.375 e. The molecule has 1 N–H and O–H groups in total. The topological polar surface area (TPSA) is 15.3 Å². The second kappa shape index (κ2) is 6.77. The van der Waals surface area contributed by atoms with Gasteiger partial charge in [0, 0.05) is 36.4 Å². The number of hydrogen-bond donors (Lipinski definition) is 1. The number of nitrogens with one attached hydrogen (secondary N) is 1. The highest BCUT2D eigenvalue weighted by Gasteiger charge is 2.08. The average Bonchev–Trinajstić information content (AvgIpc) is 2.30. The van der Waals surface area contributed by atoms with Gasteiger partial charge in [-0.3, -0.25) is 0 Å². The van der Waals surface area contributed by atoms with E-state index in [2.05, 4.69) is 37.2 Å². The molecule has 0 bridgehead atoms. The summed E-state index contributed by atoms with van der Waals surface area (Å²) in [6.45, 7) is 7.16. The summed E-state index contributed by atoms with van der Waals surface area (Å²) in [6.07, 6.45) is 1.14. The maximum Gasteiger partial charge on any atom is 0.0471 e. The quantitative estimate of drug-likeness (QED) is 0.768. The molecular formula is C13H21ClN2. The van der Waals surface area contributed by atoms with Gasteiger partial charge >= 0.3 is 0 Å². The molecule has 0 amide bonds. The molecule has 0 aliphatic heterocycles. The second-order valence-electron chi connectivity index (χ2n) is 3.93. The first-order valence-corrected chi connectivity index (χ1v) is 6.27. The van der Waals surface area contributed by atoms with Crippen molar-refractivity contribution in [3.05, 3.63) is 28.8 Å². The van der Waals surface area contributed by atoms with Gasteiger partial charge in [-0.15, -0.1) is 0 Å². The van der Waals surface area contributed by atoms with Gasteiger partial charge in [0.1, 0.15) is 0 Å². The number of rotatable bonds is 6. The Morgan fingerprint density at radius 1 is 1.31 bits per heavy atom. The lowest BCUT2D eigenvalue weighted by Gasteiger charge is -2.21. The van der Waals surface area contributed by atoms with Crippen molar-refractivity contribution in [1.29, 1.82) is 0 Å². The van der Waals surface area contributed by atoms with Crippen LogP contribution in [0.4, 0.5) is 5.69 Å². The van der Waals surface area contributed by atoms with E-state index < -0.39 is 0 Å². The molecule has 0 saturated carbocycles. The van der Waals surface area contributed by atoms with Crippen LogP contribution in [0.25, 0.3) is 0 Å². The Balaban J connectivity index is 2.85. The van der Waals surface area contributed by atoms with E-state index in [1.807, 2.05) is 12.1 Å². The molecule has 0 spiro atoms. The Labute approximate surface area is 104 Å². The molecule has 0 fully saturated rings. The SMILES string of the molecule is CCCNCc1c(Cl)cccc1N(C)CC. The van der Waals surface area contributed by atoms with Gasteiger partial charge < -0.3 is 10.2 Å². The Morgan fingerprint density at radius 2 is 2.06 bits per heavy atom. The number of anilines is 1. The van der Waals surface area contributed by atoms with Gasteiger partial charge in [-0.1, -0.05) is 24.6 Å². The van der Waals surface area contributed by atoms with Crippen LogP contribution >= 0.6 is 11.6 Å². The zero-order valence-electron chi connectivity index (χ0n) is 10.4. The van der Waals surface area contributed by atoms with E-state index >= 15 is 0 Å². The first-order valence-electron chi connectivity index (χ1n) is 5.89. The van der Waals surface area contributed by atoms with Crippen molar-refractivity contribution in [1.82, 2.24) is 5.32 Å². The number of nitrogens with zero attached hydrogens (tertiary/aromatic N) is 1. The van der Waals surface area contributed by atoms with Crippen LogP contribution in [0.1, 0.15) is 25.8 Å². The predicted octanol–water partition coefficient (Wildman–Crippen LogP) is 3.30. The van der Waals surface area contributed by atoms with E-state index in [4.69, 9.17) is 11.6 Å². The van der Waals surface area contributed by atoms with Gasteiger partial charge in [0.2, 0.25) is 0 Å². The molecule has 0 atom stereocenters. The molecule has 0 unspecified atom stereocenters. The summed E-state index contributed by atoms with van der Waals surface area (Å²) < 4.78 is 0. The monoisotopic (exact) mass is 240 g/mol. The summed E-state index contributed by atoms with van der Waals surface area (Å²) >= 11 is 6.24. The van der Waals surface area contributed by atoms with Gasteiger partial charge in [-0.05, 0) is 32.0 Å². The lowest BCUT2D eigenvalue weighted by Crippen LogP contribution is -2.21. The third kappa shape index (κ3) is 3.39. The molecule has 0 heterocycles. The van der Waals surface area contributed by atoms with Crippen molar-refractivity contribution < 1.29 is 0 Å². The highest BCUT2D eigenvalue weighted by molar-refractivity contribution is 6.31. The lowest BCUT2D eigenvalue weighted by atomic mass is 10.1. The van der Waals surface area contributed by atoms with Crippen LogP contribution in [-0.4, -0.2) is 20.1 Å². The fraction of sp³-hybridized carbons (Fsp3) is 0.538. The van der Waals surface area contributed by atoms with Crippen molar-refractivity contribution in [2.24, 2.45) is 0 Å². The summed E-state index contributed by atoms with van der Waals surface area (Å²) in [4.78, 5) is 2.22. The number of benzene rings is 1. The van der Waals surface area contributed by atoms with Gasteiger partial charge in [0.25, 0.3) is 0 Å². The molecule has 1 aromatic rings. The van der Waals surface area contributed by atoms with Gasteiger partial charge in [0.05, 0.1) is 0 Å². The fourth-order valence-corrected chi connectivity index (χ4v) is 1.88. The van der Waals surface area contributed by atoms with E-state index in [1.54, 1.807) is 0 Å². The van der Waals surface area contributed by atoms with Crippen molar-refractivity contribution in [3.63, 3.8) is 0 Å². The van der Waals surface area contributed by atoms with Crippen molar-refractivity contribution in [2.75, 3.05) is 25.0 Å². The van der Waals surface area contributed by atoms with Crippen LogP contribution in [0, 0.1) is 0 Å². The van der Waals surface area contributed by atoms with E-state index in [0.717, 1.165) is 31.1 Å². The minimum atomic E-state index is 0.840. The predicted molar refractivity (Wildman–Crippen MR) is 72.4 cm³/mol. The Bertz CT molecular complexity index is 326. The normalized spacial score (nSPS) is 10.5. The molecule has 2 nitrogen and oxygen atoms in total. The molecule has 0 aromatic heterocycles. The van der Waals surface area contributed by atoms with Crippen LogP contribution < -0.4 is 10.2 Å². The standard InChI is InChI=1S/C13H21ClN2/c1-4-9-15-10-11-12(14)7-6-8-13(11)16(3)5-2/h6-8,15H,4-5,9-10H2,1-3H3. The lowest BCUT2D eigenvalue weighted by molar-refractivity contribution is 0.674. The zero-order valence-corrected chi connectivity index (χ0v) is 11.1.